The number of nitrogens with zero attached hydrogens (tertiary/aromatic N) is 3. The molecule has 0 saturated heterocycles. The summed E-state index contributed by atoms with van der Waals surface area (Å²) in [6, 6.07) is 0. The lowest BCUT2D eigenvalue weighted by atomic mass is 10.5. The minimum absolute atomic E-state index is 0.661. The highest BCUT2D eigenvalue weighted by Crippen LogP contribution is 2.13. The third-order valence-corrected chi connectivity index (χ3v) is 3.14. The first-order chi connectivity index (χ1) is 6.66. The minimum atomic E-state index is 0.661. The minimum Gasteiger partial charge on any atom is -0.299 e. The SMILES string of the molecule is Cc1ncc(Cn2c(C)n[nH]c2=S)s1. The van der Waals surface area contributed by atoms with E-state index in [1.165, 1.54) is 4.88 Å². The van der Waals surface area contributed by atoms with Crippen molar-refractivity contribution < 1.29 is 0 Å². The first kappa shape index (κ1) is 9.54. The van der Waals surface area contributed by atoms with Gasteiger partial charge in [-0.1, -0.05) is 0 Å². The van der Waals surface area contributed by atoms with Crippen LogP contribution >= 0.6 is 23.6 Å². The van der Waals surface area contributed by atoms with Gasteiger partial charge < -0.3 is 0 Å². The van der Waals surface area contributed by atoms with Gasteiger partial charge in [0.25, 0.3) is 0 Å². The Morgan fingerprint density at radius 2 is 2.36 bits per heavy atom. The van der Waals surface area contributed by atoms with Crippen LogP contribution in [0.5, 0.6) is 0 Å². The highest BCUT2D eigenvalue weighted by atomic mass is 32.1. The number of hydrogen-bond acceptors (Lipinski definition) is 4. The molecule has 74 valence electrons. The van der Waals surface area contributed by atoms with Gasteiger partial charge in [-0.15, -0.1) is 11.3 Å². The van der Waals surface area contributed by atoms with Gasteiger partial charge in [0.05, 0.1) is 11.6 Å². The molecule has 0 atom stereocenters. The molecule has 0 fully saturated rings. The van der Waals surface area contributed by atoms with E-state index >= 15 is 0 Å². The standard InChI is InChI=1S/C8H10N4S2/c1-5-10-11-8(13)12(5)4-7-3-9-6(2)14-7/h3H,4H2,1-2H3,(H,11,13). The van der Waals surface area contributed by atoms with Gasteiger partial charge in [0.2, 0.25) is 0 Å². The lowest BCUT2D eigenvalue weighted by Gasteiger charge is -1.99. The molecule has 1 N–H and O–H groups in total. The second-order valence-electron chi connectivity index (χ2n) is 3.01. The van der Waals surface area contributed by atoms with Gasteiger partial charge in [0.15, 0.2) is 4.77 Å². The van der Waals surface area contributed by atoms with Gasteiger partial charge in [-0.2, -0.15) is 5.10 Å². The van der Waals surface area contributed by atoms with E-state index < -0.39 is 0 Å². The monoisotopic (exact) mass is 226 g/mol. The molecule has 0 unspecified atom stereocenters. The summed E-state index contributed by atoms with van der Waals surface area (Å²) >= 11 is 6.79. The Balaban J connectivity index is 2.31. The van der Waals surface area contributed by atoms with Gasteiger partial charge in [-0.25, -0.2) is 4.98 Å². The van der Waals surface area contributed by atoms with Crippen molar-refractivity contribution in [2.75, 3.05) is 0 Å². The van der Waals surface area contributed by atoms with Gasteiger partial charge in [-0.3, -0.25) is 9.67 Å². The molecule has 4 nitrogen and oxygen atoms in total. The average Bonchev–Trinajstić information content (AvgIpc) is 2.67. The van der Waals surface area contributed by atoms with Crippen LogP contribution in [0.2, 0.25) is 0 Å². The Hall–Kier alpha value is -1.01. The van der Waals surface area contributed by atoms with E-state index in [-0.39, 0.29) is 0 Å². The molecule has 14 heavy (non-hydrogen) atoms. The fraction of sp³-hybridized carbons (Fsp3) is 0.375. The van der Waals surface area contributed by atoms with E-state index in [0.717, 1.165) is 17.4 Å². The van der Waals surface area contributed by atoms with Gasteiger partial charge >= 0.3 is 0 Å². The topological polar surface area (TPSA) is 46.5 Å². The zero-order valence-corrected chi connectivity index (χ0v) is 9.58. The summed E-state index contributed by atoms with van der Waals surface area (Å²) in [5.41, 5.74) is 0. The van der Waals surface area contributed by atoms with Crippen LogP contribution in [-0.4, -0.2) is 19.7 Å². The molecule has 0 amide bonds. The first-order valence-electron chi connectivity index (χ1n) is 4.20. The summed E-state index contributed by atoms with van der Waals surface area (Å²) in [5, 5.41) is 7.89. The van der Waals surface area contributed by atoms with Crippen LogP contribution < -0.4 is 0 Å². The summed E-state index contributed by atoms with van der Waals surface area (Å²) in [5.74, 6) is 0.904. The molecule has 0 saturated carbocycles. The normalized spacial score (nSPS) is 10.7. The van der Waals surface area contributed by atoms with Crippen LogP contribution in [0.3, 0.4) is 0 Å². The number of hydrogen-bond donors (Lipinski definition) is 1. The van der Waals surface area contributed by atoms with Crippen molar-refractivity contribution in [3.05, 3.63) is 26.7 Å². The Kier molecular flexibility index (Phi) is 2.47. The fourth-order valence-corrected chi connectivity index (χ4v) is 2.24. The fourth-order valence-electron chi connectivity index (χ4n) is 1.22. The largest absolute Gasteiger partial charge is 0.299 e. The molecule has 0 aliphatic rings. The Bertz CT molecular complexity index is 493. The van der Waals surface area contributed by atoms with Crippen molar-refractivity contribution in [3.8, 4) is 0 Å². The van der Waals surface area contributed by atoms with Crippen LogP contribution in [0.4, 0.5) is 0 Å². The molecule has 0 radical (unpaired) electrons. The van der Waals surface area contributed by atoms with Crippen molar-refractivity contribution in [1.29, 1.82) is 0 Å². The molecular weight excluding hydrogens is 216 g/mol. The highest BCUT2D eigenvalue weighted by molar-refractivity contribution is 7.71. The first-order valence-corrected chi connectivity index (χ1v) is 5.42. The molecule has 2 aromatic rings. The van der Waals surface area contributed by atoms with Crippen molar-refractivity contribution >= 4 is 23.6 Å². The quantitative estimate of drug-likeness (QED) is 0.797. The molecule has 0 aliphatic carbocycles. The second-order valence-corrected chi connectivity index (χ2v) is 4.71. The number of rotatable bonds is 2. The molecular formula is C8H10N4S2. The number of H-pyrrole nitrogens is 1. The van der Waals surface area contributed by atoms with Crippen molar-refractivity contribution in [2.24, 2.45) is 0 Å². The Morgan fingerprint density at radius 3 is 2.86 bits per heavy atom. The van der Waals surface area contributed by atoms with E-state index in [9.17, 15) is 0 Å². The maximum absolute atomic E-state index is 5.11. The third kappa shape index (κ3) is 1.76. The van der Waals surface area contributed by atoms with Gasteiger partial charge in [0, 0.05) is 11.1 Å². The summed E-state index contributed by atoms with van der Waals surface area (Å²) in [4.78, 5) is 5.39. The molecule has 2 rings (SSSR count). The van der Waals surface area contributed by atoms with Crippen LogP contribution in [0.25, 0.3) is 0 Å². The van der Waals surface area contributed by atoms with E-state index in [0.29, 0.717) is 4.77 Å². The molecule has 2 heterocycles. The average molecular weight is 226 g/mol. The maximum atomic E-state index is 5.11. The smallest absolute Gasteiger partial charge is 0.195 e. The van der Waals surface area contributed by atoms with Crippen LogP contribution in [0, 0.1) is 18.6 Å². The zero-order valence-electron chi connectivity index (χ0n) is 7.94. The Labute approximate surface area is 90.6 Å². The number of thiazole rings is 1. The lowest BCUT2D eigenvalue weighted by Crippen LogP contribution is -2.00. The van der Waals surface area contributed by atoms with E-state index in [1.807, 2.05) is 24.6 Å². The third-order valence-electron chi connectivity index (χ3n) is 1.93. The summed E-state index contributed by atoms with van der Waals surface area (Å²) < 4.78 is 2.62. The van der Waals surface area contributed by atoms with Crippen molar-refractivity contribution in [2.45, 2.75) is 20.4 Å². The molecule has 0 aromatic carbocycles. The van der Waals surface area contributed by atoms with Crippen molar-refractivity contribution in [1.82, 2.24) is 19.7 Å². The molecule has 0 aliphatic heterocycles. The number of nitrogens with one attached hydrogen (secondary N) is 1. The molecule has 2 aromatic heterocycles. The van der Waals surface area contributed by atoms with Crippen molar-refractivity contribution in [3.63, 3.8) is 0 Å². The summed E-state index contributed by atoms with van der Waals surface area (Å²) in [6.07, 6.45) is 1.88. The van der Waals surface area contributed by atoms with Crippen LogP contribution in [0.15, 0.2) is 6.20 Å². The van der Waals surface area contributed by atoms with Gasteiger partial charge in [-0.05, 0) is 26.1 Å². The summed E-state index contributed by atoms with van der Waals surface area (Å²) in [6.45, 7) is 4.68. The number of aromatic amines is 1. The van der Waals surface area contributed by atoms with Crippen LogP contribution in [0.1, 0.15) is 15.7 Å². The zero-order chi connectivity index (χ0) is 10.1. The van der Waals surface area contributed by atoms with Crippen LogP contribution in [-0.2, 0) is 6.54 Å². The number of aryl methyl sites for hydroxylation is 2. The summed E-state index contributed by atoms with van der Waals surface area (Å²) in [7, 11) is 0. The molecule has 0 spiro atoms. The lowest BCUT2D eigenvalue weighted by molar-refractivity contribution is 0.760. The highest BCUT2D eigenvalue weighted by Gasteiger charge is 2.04. The predicted octanol–water partition coefficient (Wildman–Crippen LogP) is 2.06. The predicted molar refractivity (Wildman–Crippen MR) is 58.1 cm³/mol. The molecule has 6 heteroatoms. The Morgan fingerprint density at radius 1 is 1.57 bits per heavy atom. The van der Waals surface area contributed by atoms with E-state index in [4.69, 9.17) is 12.2 Å². The van der Waals surface area contributed by atoms with Gasteiger partial charge in [0.1, 0.15) is 5.82 Å². The molecule has 0 bridgehead atoms. The van der Waals surface area contributed by atoms with E-state index in [1.54, 1.807) is 11.3 Å². The second kappa shape index (κ2) is 3.62. The maximum Gasteiger partial charge on any atom is 0.195 e. The van der Waals surface area contributed by atoms with E-state index in [2.05, 4.69) is 15.2 Å². The number of aromatic nitrogens is 4.